The predicted octanol–water partition coefficient (Wildman–Crippen LogP) is 3.62. The van der Waals surface area contributed by atoms with Crippen LogP contribution in [0, 0.1) is 0 Å². The highest BCUT2D eigenvalue weighted by atomic mass is 35.5. The molecule has 4 nitrogen and oxygen atoms in total. The molecule has 21 heavy (non-hydrogen) atoms. The maximum Gasteiger partial charge on any atom is 0.387 e. The van der Waals surface area contributed by atoms with Crippen LogP contribution in [-0.2, 0) is 13.0 Å². The number of benzene rings is 1. The zero-order chi connectivity index (χ0) is 14.8. The lowest BCUT2D eigenvalue weighted by Gasteiger charge is -2.29. The SMILES string of the molecule is FC(F)Oc1ccc(Cl)cc1CN1CCCc2[nH]ncc21. The molecular formula is C14H14ClF2N3O. The highest BCUT2D eigenvalue weighted by Gasteiger charge is 2.20. The lowest BCUT2D eigenvalue weighted by atomic mass is 10.1. The van der Waals surface area contributed by atoms with Crippen molar-refractivity contribution in [3.05, 3.63) is 40.7 Å². The van der Waals surface area contributed by atoms with Gasteiger partial charge in [-0.25, -0.2) is 0 Å². The van der Waals surface area contributed by atoms with E-state index in [4.69, 9.17) is 11.6 Å². The Hall–Kier alpha value is -1.82. The zero-order valence-corrected chi connectivity index (χ0v) is 11.9. The van der Waals surface area contributed by atoms with Crippen LogP contribution < -0.4 is 9.64 Å². The number of hydrogen-bond donors (Lipinski definition) is 1. The van der Waals surface area contributed by atoms with Crippen molar-refractivity contribution in [1.29, 1.82) is 0 Å². The highest BCUT2D eigenvalue weighted by molar-refractivity contribution is 6.30. The predicted molar refractivity (Wildman–Crippen MR) is 76.0 cm³/mol. The van der Waals surface area contributed by atoms with Crippen molar-refractivity contribution < 1.29 is 13.5 Å². The average Bonchev–Trinajstić information content (AvgIpc) is 2.91. The summed E-state index contributed by atoms with van der Waals surface area (Å²) in [4.78, 5) is 2.09. The first kappa shape index (κ1) is 14.1. The van der Waals surface area contributed by atoms with E-state index in [1.807, 2.05) is 0 Å². The Kier molecular flexibility index (Phi) is 3.96. The maximum atomic E-state index is 12.5. The van der Waals surface area contributed by atoms with Gasteiger partial charge in [0, 0.05) is 23.7 Å². The van der Waals surface area contributed by atoms with Gasteiger partial charge in [-0.1, -0.05) is 11.6 Å². The molecule has 1 N–H and O–H groups in total. The Morgan fingerprint density at radius 1 is 1.43 bits per heavy atom. The molecule has 1 aliphatic rings. The number of nitrogens with zero attached hydrogens (tertiary/aromatic N) is 2. The molecule has 0 unspecified atom stereocenters. The number of rotatable bonds is 4. The lowest BCUT2D eigenvalue weighted by Crippen LogP contribution is -2.28. The first-order chi connectivity index (χ1) is 10.1. The molecule has 1 aromatic carbocycles. The van der Waals surface area contributed by atoms with Gasteiger partial charge in [-0.05, 0) is 31.0 Å². The molecule has 7 heteroatoms. The molecule has 0 radical (unpaired) electrons. The maximum absolute atomic E-state index is 12.5. The number of anilines is 1. The van der Waals surface area contributed by atoms with Crippen molar-refractivity contribution >= 4 is 17.3 Å². The lowest BCUT2D eigenvalue weighted by molar-refractivity contribution is -0.0504. The quantitative estimate of drug-likeness (QED) is 0.937. The topological polar surface area (TPSA) is 41.1 Å². The fourth-order valence-corrected chi connectivity index (χ4v) is 2.78. The number of fused-ring (bicyclic) bond motifs is 1. The molecule has 2 heterocycles. The molecule has 0 bridgehead atoms. The molecule has 0 spiro atoms. The third-order valence-electron chi connectivity index (χ3n) is 3.49. The van der Waals surface area contributed by atoms with E-state index < -0.39 is 6.61 Å². The third-order valence-corrected chi connectivity index (χ3v) is 3.73. The van der Waals surface area contributed by atoms with Crippen molar-refractivity contribution in [2.24, 2.45) is 0 Å². The van der Waals surface area contributed by atoms with E-state index in [2.05, 4.69) is 19.8 Å². The number of hydrogen-bond acceptors (Lipinski definition) is 3. The number of aromatic amines is 1. The number of aromatic nitrogens is 2. The Morgan fingerprint density at radius 2 is 2.29 bits per heavy atom. The molecule has 0 saturated carbocycles. The molecule has 0 aliphatic carbocycles. The zero-order valence-electron chi connectivity index (χ0n) is 11.2. The van der Waals surface area contributed by atoms with Gasteiger partial charge in [0.25, 0.3) is 0 Å². The Bertz CT molecular complexity index is 632. The van der Waals surface area contributed by atoms with Gasteiger partial charge in [0.1, 0.15) is 5.75 Å². The van der Waals surface area contributed by atoms with Crippen LogP contribution in [-0.4, -0.2) is 23.4 Å². The van der Waals surface area contributed by atoms with Gasteiger partial charge < -0.3 is 9.64 Å². The van der Waals surface area contributed by atoms with E-state index in [1.54, 1.807) is 18.3 Å². The summed E-state index contributed by atoms with van der Waals surface area (Å²) in [6, 6.07) is 4.68. The molecule has 0 fully saturated rings. The highest BCUT2D eigenvalue weighted by Crippen LogP contribution is 2.30. The summed E-state index contributed by atoms with van der Waals surface area (Å²) in [7, 11) is 0. The van der Waals surface area contributed by atoms with Gasteiger partial charge >= 0.3 is 6.61 Å². The van der Waals surface area contributed by atoms with Gasteiger partial charge in [-0.2, -0.15) is 13.9 Å². The number of aryl methyl sites for hydroxylation is 1. The van der Waals surface area contributed by atoms with E-state index in [1.165, 1.54) is 6.07 Å². The number of halogens is 3. The molecule has 0 saturated heterocycles. The van der Waals surface area contributed by atoms with E-state index in [0.29, 0.717) is 17.1 Å². The Morgan fingerprint density at radius 3 is 3.10 bits per heavy atom. The standard InChI is InChI=1S/C14H14ClF2N3O/c15-10-3-4-13(21-14(16)17)9(6-10)8-20-5-1-2-11-12(20)7-18-19-11/h3-4,6-7,14H,1-2,5,8H2,(H,18,19). The van der Waals surface area contributed by atoms with Crippen molar-refractivity contribution in [3.8, 4) is 5.75 Å². The third kappa shape index (κ3) is 3.10. The minimum Gasteiger partial charge on any atom is -0.434 e. The molecule has 3 rings (SSSR count). The van der Waals surface area contributed by atoms with Crippen LogP contribution in [0.3, 0.4) is 0 Å². The molecule has 0 atom stereocenters. The van der Waals surface area contributed by atoms with Crippen LogP contribution in [0.1, 0.15) is 17.7 Å². The number of nitrogens with one attached hydrogen (secondary N) is 1. The Balaban J connectivity index is 1.87. The molecular weight excluding hydrogens is 300 g/mol. The summed E-state index contributed by atoms with van der Waals surface area (Å²) in [5.41, 5.74) is 2.71. The second-order valence-electron chi connectivity index (χ2n) is 4.89. The van der Waals surface area contributed by atoms with Gasteiger partial charge in [-0.15, -0.1) is 0 Å². The first-order valence-electron chi connectivity index (χ1n) is 6.64. The van der Waals surface area contributed by atoms with Crippen LogP contribution in [0.2, 0.25) is 5.02 Å². The first-order valence-corrected chi connectivity index (χ1v) is 7.01. The van der Waals surface area contributed by atoms with E-state index in [9.17, 15) is 8.78 Å². The second-order valence-corrected chi connectivity index (χ2v) is 5.33. The second kappa shape index (κ2) is 5.89. The monoisotopic (exact) mass is 313 g/mol. The summed E-state index contributed by atoms with van der Waals surface area (Å²) in [6.45, 7) is -1.56. The number of alkyl halides is 2. The molecule has 0 amide bonds. The minimum atomic E-state index is -2.85. The van der Waals surface area contributed by atoms with Gasteiger partial charge in [0.05, 0.1) is 17.6 Å². The number of ether oxygens (including phenoxy) is 1. The molecule has 1 aliphatic heterocycles. The summed E-state index contributed by atoms with van der Waals surface area (Å²) in [6.07, 6.45) is 3.69. The van der Waals surface area contributed by atoms with Crippen molar-refractivity contribution in [2.45, 2.75) is 26.0 Å². The van der Waals surface area contributed by atoms with E-state index >= 15 is 0 Å². The average molecular weight is 314 g/mol. The number of H-pyrrole nitrogens is 1. The molecule has 1 aromatic heterocycles. The normalized spacial score (nSPS) is 14.4. The van der Waals surface area contributed by atoms with Crippen LogP contribution in [0.15, 0.2) is 24.4 Å². The Labute approximate surface area is 125 Å². The van der Waals surface area contributed by atoms with Crippen LogP contribution in [0.4, 0.5) is 14.5 Å². The van der Waals surface area contributed by atoms with Crippen molar-refractivity contribution in [2.75, 3.05) is 11.4 Å². The van der Waals surface area contributed by atoms with Gasteiger partial charge in [-0.3, -0.25) is 5.10 Å². The van der Waals surface area contributed by atoms with Crippen molar-refractivity contribution in [3.63, 3.8) is 0 Å². The van der Waals surface area contributed by atoms with E-state index in [0.717, 1.165) is 30.8 Å². The smallest absolute Gasteiger partial charge is 0.387 e. The molecule has 112 valence electrons. The van der Waals surface area contributed by atoms with Gasteiger partial charge in [0.2, 0.25) is 0 Å². The van der Waals surface area contributed by atoms with Crippen LogP contribution in [0.25, 0.3) is 0 Å². The summed E-state index contributed by atoms with van der Waals surface area (Å²) >= 11 is 5.97. The van der Waals surface area contributed by atoms with Crippen LogP contribution in [0.5, 0.6) is 5.75 Å². The fraction of sp³-hybridized carbons (Fsp3) is 0.357. The van der Waals surface area contributed by atoms with Crippen LogP contribution >= 0.6 is 11.6 Å². The molecule has 2 aromatic rings. The van der Waals surface area contributed by atoms with Gasteiger partial charge in [0.15, 0.2) is 0 Å². The minimum absolute atomic E-state index is 0.157. The fourth-order valence-electron chi connectivity index (χ4n) is 2.58. The summed E-state index contributed by atoms with van der Waals surface area (Å²) in [5.74, 6) is 0.157. The summed E-state index contributed by atoms with van der Waals surface area (Å²) < 4.78 is 29.5. The van der Waals surface area contributed by atoms with E-state index in [-0.39, 0.29) is 5.75 Å². The largest absolute Gasteiger partial charge is 0.434 e. The summed E-state index contributed by atoms with van der Waals surface area (Å²) in [5, 5.41) is 7.50. The van der Waals surface area contributed by atoms with Crippen molar-refractivity contribution in [1.82, 2.24) is 10.2 Å².